The van der Waals surface area contributed by atoms with Crippen LogP contribution in [0.5, 0.6) is 0 Å². The van der Waals surface area contributed by atoms with Gasteiger partial charge in [-0.2, -0.15) is 0 Å². The maximum absolute atomic E-state index is 12.5. The summed E-state index contributed by atoms with van der Waals surface area (Å²) in [7, 11) is 1.58. The van der Waals surface area contributed by atoms with Gasteiger partial charge in [-0.1, -0.05) is 0 Å². The predicted octanol–water partition coefficient (Wildman–Crippen LogP) is 0.636. The first-order valence-corrected chi connectivity index (χ1v) is 8.01. The second kappa shape index (κ2) is 4.05. The number of carbonyl (C=O) groups excluding carboxylic acids is 2. The van der Waals surface area contributed by atoms with Crippen LogP contribution in [-0.2, 0) is 0 Å². The van der Waals surface area contributed by atoms with Crippen LogP contribution >= 0.6 is 15.9 Å². The van der Waals surface area contributed by atoms with Crippen molar-refractivity contribution in [3.63, 3.8) is 0 Å². The van der Waals surface area contributed by atoms with E-state index in [1.54, 1.807) is 7.05 Å². The van der Waals surface area contributed by atoms with Crippen LogP contribution in [0, 0.1) is 13.8 Å². The average molecular weight is 369 g/mol. The van der Waals surface area contributed by atoms with Crippen LogP contribution in [0.2, 0.25) is 0 Å². The highest BCUT2D eigenvalue weighted by Crippen LogP contribution is 2.47. The summed E-state index contributed by atoms with van der Waals surface area (Å²) in [5.74, 6) is -0.166. The van der Waals surface area contributed by atoms with Gasteiger partial charge in [0, 0.05) is 13.5 Å². The Labute approximate surface area is 135 Å². The fourth-order valence-corrected chi connectivity index (χ4v) is 4.80. The van der Waals surface area contributed by atoms with Gasteiger partial charge in [-0.3, -0.25) is 9.69 Å². The van der Waals surface area contributed by atoms with Crippen molar-refractivity contribution in [1.82, 2.24) is 20.1 Å². The second-order valence-corrected chi connectivity index (χ2v) is 7.15. The zero-order chi connectivity index (χ0) is 16.0. The van der Waals surface area contributed by atoms with Gasteiger partial charge in [0.05, 0.1) is 16.7 Å². The highest BCUT2D eigenvalue weighted by atomic mass is 79.9. The molecule has 1 aromatic heterocycles. The molecule has 118 valence electrons. The van der Waals surface area contributed by atoms with E-state index < -0.39 is 11.8 Å². The zero-order valence-corrected chi connectivity index (χ0v) is 14.1. The second-order valence-electron chi connectivity index (χ2n) is 6.39. The summed E-state index contributed by atoms with van der Waals surface area (Å²) in [4.78, 5) is 25.7. The molecule has 4 rings (SSSR count). The van der Waals surface area contributed by atoms with E-state index >= 15 is 0 Å². The topological polar surface area (TPSA) is 86.6 Å². The molecule has 3 amide bonds. The third-order valence-electron chi connectivity index (χ3n) is 5.47. The van der Waals surface area contributed by atoms with Gasteiger partial charge < -0.3 is 20.3 Å². The van der Waals surface area contributed by atoms with Crippen LogP contribution in [0.3, 0.4) is 0 Å². The summed E-state index contributed by atoms with van der Waals surface area (Å²) in [6.07, 6.45) is 0.372. The fraction of sp³-hybridized carbons (Fsp3) is 0.571. The minimum Gasteiger partial charge on any atom is -0.368 e. The van der Waals surface area contributed by atoms with E-state index in [4.69, 9.17) is 0 Å². The molecular weight excluding hydrogens is 352 g/mol. The molecule has 0 radical (unpaired) electrons. The molecule has 7 nitrogen and oxygen atoms in total. The van der Waals surface area contributed by atoms with Gasteiger partial charge in [-0.15, -0.1) is 0 Å². The number of aromatic nitrogens is 1. The fourth-order valence-electron chi connectivity index (χ4n) is 4.06. The first-order chi connectivity index (χ1) is 10.3. The average Bonchev–Trinajstić information content (AvgIpc) is 2.96. The molecule has 2 aliphatic heterocycles. The van der Waals surface area contributed by atoms with Crippen molar-refractivity contribution >= 4 is 27.9 Å². The van der Waals surface area contributed by atoms with Crippen LogP contribution in [-0.4, -0.2) is 51.4 Å². The molecule has 2 fully saturated rings. The molecular formula is C14H17BrN4O3. The summed E-state index contributed by atoms with van der Waals surface area (Å²) in [6, 6.07) is -1.26. The highest BCUT2D eigenvalue weighted by molar-refractivity contribution is 9.10. The van der Waals surface area contributed by atoms with E-state index in [9.17, 15) is 14.7 Å². The Morgan fingerprint density at radius 1 is 1.27 bits per heavy atom. The van der Waals surface area contributed by atoms with Gasteiger partial charge in [0.25, 0.3) is 5.91 Å². The van der Waals surface area contributed by atoms with Crippen LogP contribution in [0.25, 0.3) is 0 Å². The Morgan fingerprint density at radius 3 is 2.64 bits per heavy atom. The molecule has 1 aliphatic carbocycles. The van der Waals surface area contributed by atoms with Crippen molar-refractivity contribution < 1.29 is 14.7 Å². The SMILES string of the molecule is Cc1c(C)c2n(c1Br)[C@@H]1C[C@]3(O)[C@@H](NC(=O)N3C)[C@@H]1NC2=O. The van der Waals surface area contributed by atoms with Gasteiger partial charge in [0.15, 0.2) is 5.72 Å². The molecule has 0 unspecified atom stereocenters. The molecule has 0 bridgehead atoms. The lowest BCUT2D eigenvalue weighted by Gasteiger charge is -2.32. The first-order valence-electron chi connectivity index (χ1n) is 7.22. The molecule has 1 saturated carbocycles. The summed E-state index contributed by atoms with van der Waals surface area (Å²) >= 11 is 3.58. The van der Waals surface area contributed by atoms with E-state index in [0.717, 1.165) is 15.7 Å². The number of rotatable bonds is 0. The molecule has 3 aliphatic rings. The number of hydrogen-bond acceptors (Lipinski definition) is 3. The van der Waals surface area contributed by atoms with Crippen LogP contribution < -0.4 is 10.6 Å². The van der Waals surface area contributed by atoms with Gasteiger partial charge in [-0.05, 0) is 40.9 Å². The van der Waals surface area contributed by atoms with Crippen molar-refractivity contribution in [2.24, 2.45) is 0 Å². The standard InChI is InChI=1S/C14H17BrN4O3/c1-5-6(2)11(15)19-7-4-14(22)10(17-13(21)18(14)3)8(7)16-12(20)9(5)19/h7-8,10,22H,4H2,1-3H3,(H,16,20)(H,17,21)/t7-,8-,10+,14+/m1/s1. The third kappa shape index (κ3) is 1.40. The smallest absolute Gasteiger partial charge is 0.319 e. The van der Waals surface area contributed by atoms with Crippen LogP contribution in [0.1, 0.15) is 34.1 Å². The lowest BCUT2D eigenvalue weighted by molar-refractivity contribution is -0.0561. The molecule has 8 heteroatoms. The quantitative estimate of drug-likeness (QED) is 0.627. The largest absolute Gasteiger partial charge is 0.368 e. The molecule has 4 atom stereocenters. The molecule has 1 aromatic rings. The number of hydrogen-bond donors (Lipinski definition) is 3. The molecule has 3 N–H and O–H groups in total. The molecule has 22 heavy (non-hydrogen) atoms. The number of likely N-dealkylation sites (N-methyl/N-ethyl adjacent to an activating group) is 1. The summed E-state index contributed by atoms with van der Waals surface area (Å²) < 4.78 is 2.83. The van der Waals surface area contributed by atoms with Crippen molar-refractivity contribution in [2.75, 3.05) is 7.05 Å². The zero-order valence-electron chi connectivity index (χ0n) is 12.5. The summed E-state index contributed by atoms with van der Waals surface area (Å²) in [6.45, 7) is 3.88. The summed E-state index contributed by atoms with van der Waals surface area (Å²) in [5, 5.41) is 16.7. The maximum Gasteiger partial charge on any atom is 0.319 e. The van der Waals surface area contributed by atoms with Crippen LogP contribution in [0.15, 0.2) is 4.60 Å². The van der Waals surface area contributed by atoms with E-state index in [1.807, 2.05) is 18.4 Å². The third-order valence-corrected chi connectivity index (χ3v) is 6.45. The Balaban J connectivity index is 1.87. The monoisotopic (exact) mass is 368 g/mol. The molecule has 3 heterocycles. The van der Waals surface area contributed by atoms with Gasteiger partial charge in [0.1, 0.15) is 11.7 Å². The van der Waals surface area contributed by atoms with E-state index in [0.29, 0.717) is 12.1 Å². The predicted molar refractivity (Wildman–Crippen MR) is 81.5 cm³/mol. The Bertz CT molecular complexity index is 730. The van der Waals surface area contributed by atoms with Crippen molar-refractivity contribution in [3.8, 4) is 0 Å². The van der Waals surface area contributed by atoms with Gasteiger partial charge in [0.2, 0.25) is 0 Å². The number of aliphatic hydroxyl groups is 1. The number of urea groups is 1. The van der Waals surface area contributed by atoms with Crippen molar-refractivity contribution in [1.29, 1.82) is 0 Å². The van der Waals surface area contributed by atoms with E-state index in [2.05, 4.69) is 26.6 Å². The minimum absolute atomic E-state index is 0.104. The number of carbonyl (C=O) groups is 2. The number of halogens is 1. The van der Waals surface area contributed by atoms with E-state index in [1.165, 1.54) is 4.90 Å². The molecule has 0 aromatic carbocycles. The molecule has 1 saturated heterocycles. The Morgan fingerprint density at radius 2 is 1.95 bits per heavy atom. The lowest BCUT2D eigenvalue weighted by Crippen LogP contribution is -2.56. The maximum atomic E-state index is 12.5. The Kier molecular flexibility index (Phi) is 2.59. The number of nitrogens with one attached hydrogen (secondary N) is 2. The first kappa shape index (κ1) is 14.1. The van der Waals surface area contributed by atoms with Gasteiger partial charge in [-0.25, -0.2) is 4.79 Å². The number of amides is 3. The van der Waals surface area contributed by atoms with Crippen molar-refractivity contribution in [2.45, 2.75) is 44.1 Å². The Hall–Kier alpha value is -1.54. The van der Waals surface area contributed by atoms with Gasteiger partial charge >= 0.3 is 6.03 Å². The number of fused-ring (bicyclic) bond motifs is 5. The molecule has 0 spiro atoms. The number of nitrogens with zero attached hydrogens (tertiary/aromatic N) is 2. The highest BCUT2D eigenvalue weighted by Gasteiger charge is 2.63. The minimum atomic E-state index is -1.28. The lowest BCUT2D eigenvalue weighted by atomic mass is 10.0. The van der Waals surface area contributed by atoms with Crippen molar-refractivity contribution in [3.05, 3.63) is 21.4 Å². The normalized spacial score (nSPS) is 35.9. The summed E-state index contributed by atoms with van der Waals surface area (Å²) in [5.41, 5.74) is 1.30. The van der Waals surface area contributed by atoms with E-state index in [-0.39, 0.29) is 24.0 Å². The van der Waals surface area contributed by atoms with Crippen LogP contribution in [0.4, 0.5) is 4.79 Å².